The molecule has 0 saturated heterocycles. The topological polar surface area (TPSA) is 75.2 Å². The second-order valence-electron chi connectivity index (χ2n) is 5.38. The lowest BCUT2D eigenvalue weighted by Gasteiger charge is -2.11. The van der Waals surface area contributed by atoms with E-state index in [-0.39, 0.29) is 0 Å². The summed E-state index contributed by atoms with van der Waals surface area (Å²) in [6.45, 7) is 6.08. The molecule has 6 heteroatoms. The first-order valence-electron chi connectivity index (χ1n) is 7.55. The van der Waals surface area contributed by atoms with Gasteiger partial charge in [0.25, 0.3) is 0 Å². The highest BCUT2D eigenvalue weighted by Gasteiger charge is 2.14. The zero-order valence-corrected chi connectivity index (χ0v) is 13.5. The average Bonchev–Trinajstić information content (AvgIpc) is 2.95. The molecule has 0 aliphatic carbocycles. The summed E-state index contributed by atoms with van der Waals surface area (Å²) in [4.78, 5) is 0. The van der Waals surface area contributed by atoms with Crippen LogP contribution in [0, 0.1) is 0 Å². The van der Waals surface area contributed by atoms with Crippen molar-refractivity contribution in [1.29, 1.82) is 0 Å². The molecule has 0 aliphatic heterocycles. The van der Waals surface area contributed by atoms with Gasteiger partial charge in [0.2, 0.25) is 0 Å². The Morgan fingerprint density at radius 3 is 2.45 bits per heavy atom. The molecule has 2 rings (SSSR count). The normalized spacial score (nSPS) is 11.0. The van der Waals surface area contributed by atoms with Crippen molar-refractivity contribution < 1.29 is 9.47 Å². The fourth-order valence-corrected chi connectivity index (χ4v) is 2.37. The minimum Gasteiger partial charge on any atom is -0.497 e. The lowest BCUT2D eigenvalue weighted by atomic mass is 10.1. The van der Waals surface area contributed by atoms with Crippen molar-refractivity contribution in [2.45, 2.75) is 39.3 Å². The Balaban J connectivity index is 1.84. The van der Waals surface area contributed by atoms with Crippen LogP contribution < -0.4 is 15.2 Å². The summed E-state index contributed by atoms with van der Waals surface area (Å²) in [6.07, 6.45) is 0.860. The molecule has 0 unspecified atom stereocenters. The third kappa shape index (κ3) is 3.98. The van der Waals surface area contributed by atoms with Gasteiger partial charge in [-0.2, -0.15) is 0 Å². The fourth-order valence-electron chi connectivity index (χ4n) is 2.37. The molecule has 0 bridgehead atoms. The molecule has 2 aromatic rings. The summed E-state index contributed by atoms with van der Waals surface area (Å²) in [5.41, 5.74) is 7.70. The maximum absolute atomic E-state index is 5.72. The molecule has 0 atom stereocenters. The summed E-state index contributed by atoms with van der Waals surface area (Å²) in [5, 5.41) is 8.34. The van der Waals surface area contributed by atoms with E-state index in [0.717, 1.165) is 35.9 Å². The van der Waals surface area contributed by atoms with E-state index in [2.05, 4.69) is 24.2 Å². The molecule has 0 fully saturated rings. The quantitative estimate of drug-likeness (QED) is 0.758. The zero-order valence-electron chi connectivity index (χ0n) is 13.5. The molecule has 1 aromatic carbocycles. The van der Waals surface area contributed by atoms with Gasteiger partial charge in [-0.15, -0.1) is 5.10 Å². The van der Waals surface area contributed by atoms with Gasteiger partial charge < -0.3 is 15.2 Å². The fraction of sp³-hybridized carbons (Fsp3) is 0.500. The molecule has 0 amide bonds. The number of hydrogen-bond acceptors (Lipinski definition) is 5. The largest absolute Gasteiger partial charge is 0.497 e. The summed E-state index contributed by atoms with van der Waals surface area (Å²) >= 11 is 0. The maximum atomic E-state index is 5.72. The predicted octanol–water partition coefficient (Wildman–Crippen LogP) is 2.34. The maximum Gasteiger partial charge on any atom is 0.119 e. The van der Waals surface area contributed by atoms with Gasteiger partial charge in [-0.05, 0) is 30.2 Å². The van der Waals surface area contributed by atoms with Crippen molar-refractivity contribution >= 4 is 0 Å². The number of nitrogens with two attached hydrogens (primary N) is 1. The molecule has 0 spiro atoms. The Morgan fingerprint density at radius 1 is 1.18 bits per heavy atom. The Morgan fingerprint density at radius 2 is 1.86 bits per heavy atom. The van der Waals surface area contributed by atoms with Gasteiger partial charge in [-0.1, -0.05) is 19.1 Å². The molecular weight excluding hydrogens is 280 g/mol. The number of nitrogens with zero attached hydrogens (tertiary/aromatic N) is 3. The Labute approximate surface area is 131 Å². The highest BCUT2D eigenvalue weighted by molar-refractivity contribution is 5.31. The van der Waals surface area contributed by atoms with E-state index >= 15 is 0 Å². The lowest BCUT2D eigenvalue weighted by molar-refractivity contribution is 0.296. The first-order chi connectivity index (χ1) is 10.7. The van der Waals surface area contributed by atoms with Crippen LogP contribution in [0.1, 0.15) is 37.6 Å². The zero-order chi connectivity index (χ0) is 15.9. The smallest absolute Gasteiger partial charge is 0.119 e. The van der Waals surface area contributed by atoms with Crippen LogP contribution in [0.2, 0.25) is 0 Å². The van der Waals surface area contributed by atoms with Crippen LogP contribution in [0.25, 0.3) is 0 Å². The second kappa shape index (κ2) is 7.79. The molecule has 120 valence electrons. The van der Waals surface area contributed by atoms with Crippen LogP contribution in [0.15, 0.2) is 24.3 Å². The number of hydrogen-bond donors (Lipinski definition) is 1. The van der Waals surface area contributed by atoms with E-state index in [9.17, 15) is 0 Å². The van der Waals surface area contributed by atoms with Gasteiger partial charge in [0, 0.05) is 19.5 Å². The first kappa shape index (κ1) is 16.3. The van der Waals surface area contributed by atoms with Crippen molar-refractivity contribution in [3.8, 4) is 11.5 Å². The highest BCUT2D eigenvalue weighted by Crippen LogP contribution is 2.19. The van der Waals surface area contributed by atoms with Crippen molar-refractivity contribution in [1.82, 2.24) is 15.0 Å². The van der Waals surface area contributed by atoms with Crippen LogP contribution in [0.3, 0.4) is 0 Å². The number of aromatic nitrogens is 3. The van der Waals surface area contributed by atoms with Gasteiger partial charge in [0.1, 0.15) is 11.5 Å². The van der Waals surface area contributed by atoms with Crippen LogP contribution in [-0.2, 0) is 13.1 Å². The molecule has 0 aliphatic rings. The molecule has 0 saturated carbocycles. The van der Waals surface area contributed by atoms with Gasteiger partial charge >= 0.3 is 0 Å². The molecule has 1 heterocycles. The molecule has 2 N–H and O–H groups in total. The highest BCUT2D eigenvalue weighted by atomic mass is 16.5. The predicted molar refractivity (Wildman–Crippen MR) is 85.1 cm³/mol. The van der Waals surface area contributed by atoms with Crippen molar-refractivity contribution in [3.63, 3.8) is 0 Å². The van der Waals surface area contributed by atoms with E-state index in [1.165, 1.54) is 0 Å². The van der Waals surface area contributed by atoms with Crippen LogP contribution >= 0.6 is 0 Å². The third-order valence-corrected chi connectivity index (χ3v) is 3.43. The third-order valence-electron chi connectivity index (χ3n) is 3.43. The summed E-state index contributed by atoms with van der Waals surface area (Å²) < 4.78 is 12.8. The van der Waals surface area contributed by atoms with E-state index in [1.54, 1.807) is 7.11 Å². The molecular formula is C16H24N4O2. The number of aryl methyl sites for hydroxylation is 1. The number of methoxy groups -OCH3 is 1. The van der Waals surface area contributed by atoms with Crippen LogP contribution in [-0.4, -0.2) is 28.7 Å². The minimum absolute atomic E-state index is 0.357. The van der Waals surface area contributed by atoms with Gasteiger partial charge in [-0.25, -0.2) is 4.68 Å². The summed E-state index contributed by atoms with van der Waals surface area (Å²) in [7, 11) is 1.65. The number of ether oxygens (including phenoxy) is 2. The van der Waals surface area contributed by atoms with E-state index in [4.69, 9.17) is 15.2 Å². The second-order valence-corrected chi connectivity index (χ2v) is 5.38. The Bertz CT molecular complexity index is 578. The monoisotopic (exact) mass is 304 g/mol. The van der Waals surface area contributed by atoms with E-state index in [1.807, 2.05) is 28.9 Å². The molecule has 0 radical (unpaired) electrons. The van der Waals surface area contributed by atoms with Gasteiger partial charge in [0.15, 0.2) is 0 Å². The molecule has 22 heavy (non-hydrogen) atoms. The van der Waals surface area contributed by atoms with Crippen LogP contribution in [0.4, 0.5) is 0 Å². The van der Waals surface area contributed by atoms with E-state index < -0.39 is 0 Å². The van der Waals surface area contributed by atoms with Crippen molar-refractivity contribution in [2.75, 3.05) is 13.7 Å². The average molecular weight is 304 g/mol. The Kier molecular flexibility index (Phi) is 5.77. The van der Waals surface area contributed by atoms with Gasteiger partial charge in [0.05, 0.1) is 25.1 Å². The van der Waals surface area contributed by atoms with Gasteiger partial charge in [-0.3, -0.25) is 0 Å². The van der Waals surface area contributed by atoms with Crippen molar-refractivity contribution in [3.05, 3.63) is 35.7 Å². The standard InChI is InChI=1S/C16H24N4O2/c1-12(2)16-15(11-17)18-19-20(16)9-4-10-22-14-7-5-13(21-3)6-8-14/h5-8,12H,4,9-11,17H2,1-3H3. The SMILES string of the molecule is COc1ccc(OCCCn2nnc(CN)c2C(C)C)cc1. The van der Waals surface area contributed by atoms with E-state index in [0.29, 0.717) is 19.1 Å². The lowest BCUT2D eigenvalue weighted by Crippen LogP contribution is -2.11. The number of rotatable bonds is 8. The molecule has 6 nitrogen and oxygen atoms in total. The first-order valence-corrected chi connectivity index (χ1v) is 7.55. The molecule has 1 aromatic heterocycles. The Hall–Kier alpha value is -2.08. The minimum atomic E-state index is 0.357. The van der Waals surface area contributed by atoms with Crippen molar-refractivity contribution in [2.24, 2.45) is 5.73 Å². The summed E-state index contributed by atoms with van der Waals surface area (Å²) in [6, 6.07) is 7.58. The summed E-state index contributed by atoms with van der Waals surface area (Å²) in [5.74, 6) is 2.02. The number of benzene rings is 1. The van der Waals surface area contributed by atoms with Crippen LogP contribution in [0.5, 0.6) is 11.5 Å².